The van der Waals surface area contributed by atoms with Crippen molar-refractivity contribution >= 4 is 39.8 Å². The summed E-state index contributed by atoms with van der Waals surface area (Å²) in [6, 6.07) is 0. The predicted octanol–water partition coefficient (Wildman–Crippen LogP) is 2.62. The number of alkyl halides is 1. The summed E-state index contributed by atoms with van der Waals surface area (Å²) >= 11 is 7.43. The Morgan fingerprint density at radius 3 is 2.95 bits per heavy atom. The number of amides is 1. The monoisotopic (exact) mass is 313 g/mol. The standard InChI is InChI=1S/C14H16ClNO3S/c1-19-14(18)12-9-3-2-4-10(9)20-13(12)16-7-8(6-15)5-11(16)17/h8H,2-7H2,1H3. The zero-order valence-corrected chi connectivity index (χ0v) is 12.9. The minimum absolute atomic E-state index is 0.0562. The maximum atomic E-state index is 12.2. The first-order valence-electron chi connectivity index (χ1n) is 6.74. The van der Waals surface area contributed by atoms with Crippen LogP contribution in [0, 0.1) is 5.92 Å². The lowest BCUT2D eigenvalue weighted by Gasteiger charge is -2.16. The fourth-order valence-electron chi connectivity index (χ4n) is 2.97. The second kappa shape index (κ2) is 5.37. The molecule has 0 spiro atoms. The molecule has 1 aliphatic carbocycles. The molecule has 1 aromatic heterocycles. The number of nitrogens with zero attached hydrogens (tertiary/aromatic N) is 1. The molecule has 1 atom stereocenters. The Kier molecular flexibility index (Phi) is 3.73. The summed E-state index contributed by atoms with van der Waals surface area (Å²) in [5.41, 5.74) is 1.69. The van der Waals surface area contributed by atoms with Gasteiger partial charge >= 0.3 is 5.97 Å². The molecule has 2 aliphatic rings. The number of methoxy groups -OCH3 is 1. The number of carbonyl (C=O) groups is 2. The van der Waals surface area contributed by atoms with Gasteiger partial charge in [0.25, 0.3) is 0 Å². The molecule has 1 fully saturated rings. The molecule has 3 rings (SSSR count). The Labute approximate surface area is 126 Å². The van der Waals surface area contributed by atoms with E-state index in [4.69, 9.17) is 16.3 Å². The number of hydrogen-bond donors (Lipinski definition) is 0. The lowest BCUT2D eigenvalue weighted by Crippen LogP contribution is -2.26. The lowest BCUT2D eigenvalue weighted by molar-refractivity contribution is -0.117. The third kappa shape index (κ3) is 2.13. The van der Waals surface area contributed by atoms with Crippen molar-refractivity contribution in [3.05, 3.63) is 16.0 Å². The first-order chi connectivity index (χ1) is 9.65. The summed E-state index contributed by atoms with van der Waals surface area (Å²) in [6.45, 7) is 0.603. The van der Waals surface area contributed by atoms with Gasteiger partial charge in [0.1, 0.15) is 5.00 Å². The van der Waals surface area contributed by atoms with Crippen molar-refractivity contribution < 1.29 is 14.3 Å². The number of ether oxygens (including phenoxy) is 1. The van der Waals surface area contributed by atoms with E-state index in [1.165, 1.54) is 12.0 Å². The molecule has 0 radical (unpaired) electrons. The van der Waals surface area contributed by atoms with Gasteiger partial charge in [0.15, 0.2) is 0 Å². The molecule has 20 heavy (non-hydrogen) atoms. The highest BCUT2D eigenvalue weighted by molar-refractivity contribution is 7.17. The van der Waals surface area contributed by atoms with Gasteiger partial charge in [-0.25, -0.2) is 4.79 Å². The van der Waals surface area contributed by atoms with E-state index in [1.54, 1.807) is 16.2 Å². The van der Waals surface area contributed by atoms with Crippen LogP contribution in [-0.4, -0.2) is 31.4 Å². The highest BCUT2D eigenvalue weighted by atomic mass is 35.5. The maximum absolute atomic E-state index is 12.2. The van der Waals surface area contributed by atoms with Crippen LogP contribution in [0.1, 0.15) is 33.6 Å². The molecule has 1 saturated heterocycles. The van der Waals surface area contributed by atoms with E-state index in [9.17, 15) is 9.59 Å². The van der Waals surface area contributed by atoms with Gasteiger partial charge in [-0.15, -0.1) is 22.9 Å². The highest BCUT2D eigenvalue weighted by Crippen LogP contribution is 2.43. The van der Waals surface area contributed by atoms with E-state index >= 15 is 0 Å². The van der Waals surface area contributed by atoms with Crippen molar-refractivity contribution in [1.29, 1.82) is 0 Å². The molecule has 1 amide bonds. The fourth-order valence-corrected chi connectivity index (χ4v) is 4.58. The molecule has 0 N–H and O–H groups in total. The molecule has 1 aliphatic heterocycles. The Balaban J connectivity index is 2.02. The molecule has 2 heterocycles. The molecule has 1 unspecified atom stereocenters. The number of halogens is 1. The number of aryl methyl sites for hydroxylation is 1. The third-order valence-electron chi connectivity index (χ3n) is 3.96. The van der Waals surface area contributed by atoms with Crippen LogP contribution in [0.25, 0.3) is 0 Å². The van der Waals surface area contributed by atoms with E-state index in [2.05, 4.69) is 0 Å². The third-order valence-corrected chi connectivity index (χ3v) is 5.71. The Morgan fingerprint density at radius 2 is 2.30 bits per heavy atom. The molecule has 0 saturated carbocycles. The van der Waals surface area contributed by atoms with Crippen LogP contribution in [0.5, 0.6) is 0 Å². The first kappa shape index (κ1) is 13.9. The fraction of sp³-hybridized carbons (Fsp3) is 0.571. The number of thiophene rings is 1. The number of esters is 1. The minimum atomic E-state index is -0.332. The van der Waals surface area contributed by atoms with Gasteiger partial charge in [0, 0.05) is 23.7 Å². The Morgan fingerprint density at radius 1 is 1.50 bits per heavy atom. The summed E-state index contributed by atoms with van der Waals surface area (Å²) in [6.07, 6.45) is 3.43. The van der Waals surface area contributed by atoms with E-state index in [0.29, 0.717) is 24.4 Å². The average Bonchev–Trinajstić information content (AvgIpc) is 3.10. The Hall–Kier alpha value is -1.07. The minimum Gasteiger partial charge on any atom is -0.465 e. The number of rotatable bonds is 3. The van der Waals surface area contributed by atoms with Crippen molar-refractivity contribution in [3.8, 4) is 0 Å². The van der Waals surface area contributed by atoms with E-state index in [1.807, 2.05) is 0 Å². The highest BCUT2D eigenvalue weighted by Gasteiger charge is 2.36. The van der Waals surface area contributed by atoms with Gasteiger partial charge in [0.2, 0.25) is 5.91 Å². The summed E-state index contributed by atoms with van der Waals surface area (Å²) in [5, 5.41) is 0.763. The van der Waals surface area contributed by atoms with Gasteiger partial charge < -0.3 is 9.64 Å². The van der Waals surface area contributed by atoms with E-state index < -0.39 is 0 Å². The normalized spacial score (nSPS) is 21.4. The number of hydrogen-bond acceptors (Lipinski definition) is 4. The summed E-state index contributed by atoms with van der Waals surface area (Å²) in [5.74, 6) is 0.370. The summed E-state index contributed by atoms with van der Waals surface area (Å²) in [4.78, 5) is 27.2. The van der Waals surface area contributed by atoms with Gasteiger partial charge in [-0.1, -0.05) is 0 Å². The van der Waals surface area contributed by atoms with Gasteiger partial charge in [-0.2, -0.15) is 0 Å². The number of fused-ring (bicyclic) bond motifs is 1. The predicted molar refractivity (Wildman–Crippen MR) is 78.9 cm³/mol. The van der Waals surface area contributed by atoms with Crippen molar-refractivity contribution in [2.24, 2.45) is 5.92 Å². The zero-order valence-electron chi connectivity index (χ0n) is 11.3. The van der Waals surface area contributed by atoms with E-state index in [-0.39, 0.29) is 17.8 Å². The van der Waals surface area contributed by atoms with E-state index in [0.717, 1.165) is 29.8 Å². The molecule has 1 aromatic rings. The van der Waals surface area contributed by atoms with Crippen molar-refractivity contribution in [2.45, 2.75) is 25.7 Å². The summed E-state index contributed by atoms with van der Waals surface area (Å²) in [7, 11) is 1.39. The smallest absolute Gasteiger partial charge is 0.341 e. The second-order valence-electron chi connectivity index (χ2n) is 5.26. The quantitative estimate of drug-likeness (QED) is 0.636. The van der Waals surface area contributed by atoms with Crippen molar-refractivity contribution in [2.75, 3.05) is 24.4 Å². The number of carbonyl (C=O) groups excluding carboxylic acids is 2. The van der Waals surface area contributed by atoms with Crippen LogP contribution in [0.2, 0.25) is 0 Å². The van der Waals surface area contributed by atoms with Crippen LogP contribution in [0.4, 0.5) is 5.00 Å². The Bertz CT molecular complexity index is 569. The van der Waals surface area contributed by atoms with Gasteiger partial charge in [0.05, 0.1) is 12.7 Å². The van der Waals surface area contributed by atoms with Crippen LogP contribution in [0.3, 0.4) is 0 Å². The molecule has 6 heteroatoms. The van der Waals surface area contributed by atoms with Gasteiger partial charge in [-0.3, -0.25) is 4.79 Å². The van der Waals surface area contributed by atoms with Crippen molar-refractivity contribution in [1.82, 2.24) is 0 Å². The largest absolute Gasteiger partial charge is 0.465 e. The average molecular weight is 314 g/mol. The number of anilines is 1. The maximum Gasteiger partial charge on any atom is 0.341 e. The van der Waals surface area contributed by atoms with Crippen LogP contribution in [0.15, 0.2) is 0 Å². The van der Waals surface area contributed by atoms with Gasteiger partial charge in [-0.05, 0) is 30.7 Å². The van der Waals surface area contributed by atoms with Crippen LogP contribution < -0.4 is 4.90 Å². The molecule has 0 bridgehead atoms. The van der Waals surface area contributed by atoms with Crippen LogP contribution in [-0.2, 0) is 22.4 Å². The zero-order chi connectivity index (χ0) is 14.3. The SMILES string of the molecule is COC(=O)c1c(N2CC(CCl)CC2=O)sc2c1CCC2. The first-order valence-corrected chi connectivity index (χ1v) is 8.10. The lowest BCUT2D eigenvalue weighted by atomic mass is 10.1. The van der Waals surface area contributed by atoms with Crippen LogP contribution >= 0.6 is 22.9 Å². The molecule has 4 nitrogen and oxygen atoms in total. The molecule has 108 valence electrons. The molecular formula is C14H16ClNO3S. The summed E-state index contributed by atoms with van der Waals surface area (Å²) < 4.78 is 4.91. The van der Waals surface area contributed by atoms with Crippen molar-refractivity contribution in [3.63, 3.8) is 0 Å². The second-order valence-corrected chi connectivity index (χ2v) is 6.65. The molecular weight excluding hydrogens is 298 g/mol. The molecule has 0 aromatic carbocycles. The topological polar surface area (TPSA) is 46.6 Å².